The Hall–Kier alpha value is -2.66. The van der Waals surface area contributed by atoms with Crippen molar-refractivity contribution in [2.24, 2.45) is 0 Å². The van der Waals surface area contributed by atoms with E-state index in [-0.39, 0.29) is 18.4 Å². The van der Waals surface area contributed by atoms with E-state index in [2.05, 4.69) is 16.8 Å². The SMILES string of the molecule is O=c1nc(OC[C@@H]2COCCO2)cc2n1CCc1cc(C#CCCO)ccc1-2. The molecule has 0 spiro atoms. The summed E-state index contributed by atoms with van der Waals surface area (Å²) in [5, 5.41) is 8.86. The molecule has 1 aromatic heterocycles. The molecule has 0 aliphatic carbocycles. The summed E-state index contributed by atoms with van der Waals surface area (Å²) in [4.78, 5) is 16.5. The van der Waals surface area contributed by atoms with Gasteiger partial charge in [0.1, 0.15) is 12.7 Å². The van der Waals surface area contributed by atoms with E-state index < -0.39 is 0 Å². The summed E-state index contributed by atoms with van der Waals surface area (Å²) in [6.45, 7) is 2.54. The van der Waals surface area contributed by atoms with Gasteiger partial charge in [0.05, 0.1) is 32.1 Å². The second-order valence-corrected chi connectivity index (χ2v) is 6.69. The van der Waals surface area contributed by atoms with Gasteiger partial charge in [0.15, 0.2) is 0 Å². The molecule has 2 aliphatic heterocycles. The number of aliphatic hydroxyl groups is 1. The molecular weight excluding hydrogens is 360 g/mol. The Morgan fingerprint density at radius 3 is 3.07 bits per heavy atom. The molecule has 1 fully saturated rings. The smallest absolute Gasteiger partial charge is 0.351 e. The van der Waals surface area contributed by atoms with E-state index in [1.165, 1.54) is 0 Å². The first-order valence-corrected chi connectivity index (χ1v) is 9.41. The summed E-state index contributed by atoms with van der Waals surface area (Å²) in [5.74, 6) is 6.29. The van der Waals surface area contributed by atoms with Crippen LogP contribution in [-0.2, 0) is 22.4 Å². The minimum atomic E-state index is -0.314. The summed E-state index contributed by atoms with van der Waals surface area (Å²) in [6.07, 6.45) is 1.05. The van der Waals surface area contributed by atoms with Gasteiger partial charge in [0.25, 0.3) is 0 Å². The van der Waals surface area contributed by atoms with Crippen LogP contribution in [0.4, 0.5) is 0 Å². The molecule has 4 rings (SSSR count). The highest BCUT2D eigenvalue weighted by molar-refractivity contribution is 5.67. The van der Waals surface area contributed by atoms with Crippen molar-refractivity contribution in [3.8, 4) is 29.0 Å². The second-order valence-electron chi connectivity index (χ2n) is 6.69. The maximum absolute atomic E-state index is 12.5. The number of aryl methyl sites for hydroxylation is 1. The Morgan fingerprint density at radius 2 is 2.25 bits per heavy atom. The van der Waals surface area contributed by atoms with Crippen molar-refractivity contribution in [3.63, 3.8) is 0 Å². The van der Waals surface area contributed by atoms with Crippen molar-refractivity contribution in [1.82, 2.24) is 9.55 Å². The molecule has 1 saturated heterocycles. The maximum Gasteiger partial charge on any atom is 0.351 e. The van der Waals surface area contributed by atoms with Crippen molar-refractivity contribution < 1.29 is 19.3 Å². The quantitative estimate of drug-likeness (QED) is 0.795. The molecule has 0 radical (unpaired) electrons. The van der Waals surface area contributed by atoms with Crippen LogP contribution in [0.1, 0.15) is 17.5 Å². The minimum absolute atomic E-state index is 0.0576. The largest absolute Gasteiger partial charge is 0.475 e. The normalized spacial score (nSPS) is 17.8. The number of hydrogen-bond acceptors (Lipinski definition) is 6. The maximum atomic E-state index is 12.5. The van der Waals surface area contributed by atoms with Gasteiger partial charge >= 0.3 is 5.69 Å². The van der Waals surface area contributed by atoms with E-state index >= 15 is 0 Å². The number of fused-ring (bicyclic) bond motifs is 3. The van der Waals surface area contributed by atoms with Gasteiger partial charge in [-0.25, -0.2) is 4.79 Å². The van der Waals surface area contributed by atoms with Gasteiger partial charge < -0.3 is 19.3 Å². The van der Waals surface area contributed by atoms with Crippen LogP contribution in [0.15, 0.2) is 29.1 Å². The van der Waals surface area contributed by atoms with Crippen LogP contribution in [0.5, 0.6) is 5.88 Å². The first kappa shape index (κ1) is 18.7. The van der Waals surface area contributed by atoms with Crippen molar-refractivity contribution >= 4 is 0 Å². The molecule has 0 saturated carbocycles. The summed E-state index contributed by atoms with van der Waals surface area (Å²) in [6, 6.07) is 7.75. The molecule has 1 N–H and O–H groups in total. The molecule has 0 unspecified atom stereocenters. The fraction of sp³-hybridized carbons (Fsp3) is 0.429. The van der Waals surface area contributed by atoms with Crippen LogP contribution in [0, 0.1) is 11.8 Å². The first-order chi connectivity index (χ1) is 13.7. The third kappa shape index (κ3) is 4.09. The van der Waals surface area contributed by atoms with Crippen LogP contribution in [0.2, 0.25) is 0 Å². The van der Waals surface area contributed by atoms with Crippen molar-refractivity contribution in [2.45, 2.75) is 25.5 Å². The fourth-order valence-corrected chi connectivity index (χ4v) is 3.39. The summed E-state index contributed by atoms with van der Waals surface area (Å²) in [5.41, 5.74) is 3.51. The minimum Gasteiger partial charge on any atom is -0.475 e. The number of hydrogen-bond donors (Lipinski definition) is 1. The summed E-state index contributed by atoms with van der Waals surface area (Å²) >= 11 is 0. The monoisotopic (exact) mass is 382 g/mol. The van der Waals surface area contributed by atoms with E-state index in [0.717, 1.165) is 28.8 Å². The lowest BCUT2D eigenvalue weighted by Crippen LogP contribution is -2.34. The average Bonchev–Trinajstić information content (AvgIpc) is 2.73. The lowest BCUT2D eigenvalue weighted by atomic mass is 9.95. The molecule has 2 aromatic rings. The molecule has 28 heavy (non-hydrogen) atoms. The van der Waals surface area contributed by atoms with E-state index in [0.29, 0.717) is 45.3 Å². The topological polar surface area (TPSA) is 82.8 Å². The van der Waals surface area contributed by atoms with Crippen LogP contribution >= 0.6 is 0 Å². The molecule has 1 atom stereocenters. The Morgan fingerprint density at radius 1 is 1.32 bits per heavy atom. The number of ether oxygens (including phenoxy) is 3. The van der Waals surface area contributed by atoms with Gasteiger partial charge in [0, 0.05) is 30.2 Å². The third-order valence-corrected chi connectivity index (χ3v) is 4.75. The van der Waals surface area contributed by atoms with Crippen LogP contribution < -0.4 is 10.4 Å². The molecule has 3 heterocycles. The summed E-state index contributed by atoms with van der Waals surface area (Å²) in [7, 11) is 0. The lowest BCUT2D eigenvalue weighted by molar-refractivity contribution is -0.102. The number of nitrogens with zero attached hydrogens (tertiary/aromatic N) is 2. The van der Waals surface area contributed by atoms with Gasteiger partial charge in [0.2, 0.25) is 5.88 Å². The van der Waals surface area contributed by atoms with Gasteiger partial charge in [-0.1, -0.05) is 17.9 Å². The molecule has 1 aromatic carbocycles. The van der Waals surface area contributed by atoms with E-state index in [1.54, 1.807) is 10.6 Å². The molecule has 0 bridgehead atoms. The van der Waals surface area contributed by atoms with Crippen molar-refractivity contribution in [2.75, 3.05) is 33.0 Å². The molecule has 7 nitrogen and oxygen atoms in total. The Labute approximate surface area is 162 Å². The highest BCUT2D eigenvalue weighted by Crippen LogP contribution is 2.30. The molecule has 0 amide bonds. The first-order valence-electron chi connectivity index (χ1n) is 9.41. The Bertz CT molecular complexity index is 967. The average molecular weight is 382 g/mol. The number of aliphatic hydroxyl groups excluding tert-OH is 1. The van der Waals surface area contributed by atoms with E-state index in [4.69, 9.17) is 19.3 Å². The third-order valence-electron chi connectivity index (χ3n) is 4.75. The highest BCUT2D eigenvalue weighted by Gasteiger charge is 2.20. The van der Waals surface area contributed by atoms with Crippen LogP contribution in [0.3, 0.4) is 0 Å². The van der Waals surface area contributed by atoms with Crippen molar-refractivity contribution in [3.05, 3.63) is 45.9 Å². The highest BCUT2D eigenvalue weighted by atomic mass is 16.6. The van der Waals surface area contributed by atoms with E-state index in [1.807, 2.05) is 18.2 Å². The molecular formula is C21H22N2O5. The lowest BCUT2D eigenvalue weighted by Gasteiger charge is -2.24. The second kappa shape index (κ2) is 8.57. The van der Waals surface area contributed by atoms with Crippen LogP contribution in [0.25, 0.3) is 11.3 Å². The zero-order valence-corrected chi connectivity index (χ0v) is 15.5. The predicted octanol–water partition coefficient (Wildman–Crippen LogP) is 0.994. The number of rotatable bonds is 4. The van der Waals surface area contributed by atoms with E-state index in [9.17, 15) is 4.79 Å². The van der Waals surface area contributed by atoms with Crippen LogP contribution in [-0.4, -0.2) is 53.8 Å². The van der Waals surface area contributed by atoms with Gasteiger partial charge in [-0.15, -0.1) is 0 Å². The zero-order chi connectivity index (χ0) is 19.3. The Kier molecular flexibility index (Phi) is 5.72. The summed E-state index contributed by atoms with van der Waals surface area (Å²) < 4.78 is 18.3. The van der Waals surface area contributed by atoms with Crippen molar-refractivity contribution in [1.29, 1.82) is 0 Å². The predicted molar refractivity (Wildman–Crippen MR) is 102 cm³/mol. The number of benzene rings is 1. The molecule has 7 heteroatoms. The fourth-order valence-electron chi connectivity index (χ4n) is 3.39. The number of aromatic nitrogens is 2. The molecule has 2 aliphatic rings. The van der Waals surface area contributed by atoms with Gasteiger partial charge in [-0.2, -0.15) is 4.98 Å². The Balaban J connectivity index is 1.58. The zero-order valence-electron chi connectivity index (χ0n) is 15.5. The standard InChI is InChI=1S/C21H22N2O5/c24-8-2-1-3-15-4-5-18-16(11-15)6-7-23-19(18)12-20(22-21(23)25)28-14-17-13-26-9-10-27-17/h4-5,11-12,17,24H,2,6-10,13-14H2/t17-/m0/s1. The molecule has 146 valence electrons. The van der Waals surface area contributed by atoms with Gasteiger partial charge in [-0.05, 0) is 24.1 Å². The van der Waals surface area contributed by atoms with Gasteiger partial charge in [-0.3, -0.25) is 4.57 Å².